The van der Waals surface area contributed by atoms with Gasteiger partial charge in [-0.3, -0.25) is 19.9 Å². The molecule has 1 unspecified atom stereocenters. The van der Waals surface area contributed by atoms with Crippen molar-refractivity contribution in [3.05, 3.63) is 36.5 Å². The van der Waals surface area contributed by atoms with E-state index in [1.54, 1.807) is 6.20 Å². The molecule has 96 valence electrons. The monoisotopic (exact) mass is 255 g/mol. The third-order valence-corrected chi connectivity index (χ3v) is 3.22. The second-order valence-corrected chi connectivity index (χ2v) is 4.52. The number of piperidine rings is 1. The van der Waals surface area contributed by atoms with Gasteiger partial charge in [-0.25, -0.2) is 0 Å². The van der Waals surface area contributed by atoms with Crippen LogP contribution in [-0.4, -0.2) is 22.8 Å². The molecule has 3 rings (SSSR count). The molecule has 19 heavy (non-hydrogen) atoms. The number of benzene rings is 1. The Balaban J connectivity index is 1.89. The Hall–Kier alpha value is -2.43. The van der Waals surface area contributed by atoms with E-state index in [4.69, 9.17) is 0 Å². The number of nitrogens with zero attached hydrogens (tertiary/aromatic N) is 1. The Labute approximate surface area is 110 Å². The summed E-state index contributed by atoms with van der Waals surface area (Å²) in [6.07, 6.45) is 2.59. The van der Waals surface area contributed by atoms with E-state index in [-0.39, 0.29) is 17.9 Å². The zero-order valence-corrected chi connectivity index (χ0v) is 10.2. The molecule has 1 atom stereocenters. The number of imide groups is 1. The first-order valence-corrected chi connectivity index (χ1v) is 6.18. The molecule has 1 aromatic carbocycles. The van der Waals surface area contributed by atoms with E-state index in [0.717, 1.165) is 16.6 Å². The summed E-state index contributed by atoms with van der Waals surface area (Å²) in [5.74, 6) is -0.472. The summed E-state index contributed by atoms with van der Waals surface area (Å²) in [4.78, 5) is 27.1. The molecule has 1 saturated heterocycles. The van der Waals surface area contributed by atoms with Crippen LogP contribution < -0.4 is 10.6 Å². The van der Waals surface area contributed by atoms with Crippen molar-refractivity contribution < 1.29 is 9.59 Å². The molecule has 0 aliphatic carbocycles. The number of fused-ring (bicyclic) bond motifs is 1. The van der Waals surface area contributed by atoms with Crippen molar-refractivity contribution in [3.8, 4) is 0 Å². The first-order chi connectivity index (χ1) is 9.24. The molecule has 2 aromatic rings. The van der Waals surface area contributed by atoms with Gasteiger partial charge in [0, 0.05) is 23.7 Å². The lowest BCUT2D eigenvalue weighted by atomic mass is 10.1. The number of rotatable bonds is 2. The normalized spacial score (nSPS) is 19.3. The SMILES string of the molecule is O=C1CCC(Nc2ccnc3ccccc23)C(=O)N1. The standard InChI is InChI=1S/C14H13N3O2/c18-13-6-5-12(14(19)17-13)16-11-7-8-15-10-4-2-1-3-9(10)11/h1-4,7-8,12H,5-6H2,(H,15,16)(H,17,18,19). The molecule has 1 fully saturated rings. The van der Waals surface area contributed by atoms with Gasteiger partial charge in [-0.15, -0.1) is 0 Å². The van der Waals surface area contributed by atoms with Gasteiger partial charge in [0.15, 0.2) is 0 Å². The zero-order chi connectivity index (χ0) is 13.2. The Morgan fingerprint density at radius 2 is 2.05 bits per heavy atom. The zero-order valence-electron chi connectivity index (χ0n) is 10.2. The van der Waals surface area contributed by atoms with Crippen LogP contribution in [0, 0.1) is 0 Å². The van der Waals surface area contributed by atoms with E-state index in [2.05, 4.69) is 15.6 Å². The van der Waals surface area contributed by atoms with E-state index in [0.29, 0.717) is 12.8 Å². The molecule has 1 aromatic heterocycles. The maximum Gasteiger partial charge on any atom is 0.249 e. The van der Waals surface area contributed by atoms with Crippen molar-refractivity contribution in [2.24, 2.45) is 0 Å². The van der Waals surface area contributed by atoms with Crippen LogP contribution in [0.2, 0.25) is 0 Å². The number of carbonyl (C=O) groups is 2. The maximum atomic E-state index is 11.7. The molecule has 2 heterocycles. The first-order valence-electron chi connectivity index (χ1n) is 6.18. The summed E-state index contributed by atoms with van der Waals surface area (Å²) >= 11 is 0. The predicted molar refractivity (Wildman–Crippen MR) is 71.5 cm³/mol. The number of para-hydroxylation sites is 1. The summed E-state index contributed by atoms with van der Waals surface area (Å²) in [6.45, 7) is 0. The highest BCUT2D eigenvalue weighted by molar-refractivity contribution is 6.02. The summed E-state index contributed by atoms with van der Waals surface area (Å²) < 4.78 is 0. The minimum atomic E-state index is -0.372. The fourth-order valence-corrected chi connectivity index (χ4v) is 2.24. The predicted octanol–water partition coefficient (Wildman–Crippen LogP) is 1.45. The number of pyridine rings is 1. The highest BCUT2D eigenvalue weighted by Crippen LogP contribution is 2.23. The molecule has 2 N–H and O–H groups in total. The third kappa shape index (κ3) is 2.27. The smallest absolute Gasteiger partial charge is 0.249 e. The number of hydrogen-bond donors (Lipinski definition) is 2. The summed E-state index contributed by atoms with van der Waals surface area (Å²) in [6, 6.07) is 9.20. The van der Waals surface area contributed by atoms with Crippen LogP contribution in [0.15, 0.2) is 36.5 Å². The molecule has 5 heteroatoms. The molecule has 1 aliphatic rings. The van der Waals surface area contributed by atoms with Crippen molar-refractivity contribution in [1.29, 1.82) is 0 Å². The van der Waals surface area contributed by atoms with Gasteiger partial charge in [-0.1, -0.05) is 18.2 Å². The van der Waals surface area contributed by atoms with E-state index in [9.17, 15) is 9.59 Å². The highest BCUT2D eigenvalue weighted by atomic mass is 16.2. The number of nitrogens with one attached hydrogen (secondary N) is 2. The Bertz CT molecular complexity index is 649. The average molecular weight is 255 g/mol. The van der Waals surface area contributed by atoms with Crippen molar-refractivity contribution in [2.45, 2.75) is 18.9 Å². The highest BCUT2D eigenvalue weighted by Gasteiger charge is 2.26. The summed E-state index contributed by atoms with van der Waals surface area (Å²) in [5.41, 5.74) is 1.74. The van der Waals surface area contributed by atoms with Crippen molar-refractivity contribution in [1.82, 2.24) is 10.3 Å². The van der Waals surface area contributed by atoms with E-state index < -0.39 is 0 Å². The Kier molecular flexibility index (Phi) is 2.87. The van der Waals surface area contributed by atoms with Crippen LogP contribution in [0.5, 0.6) is 0 Å². The van der Waals surface area contributed by atoms with Crippen LogP contribution in [0.4, 0.5) is 5.69 Å². The quantitative estimate of drug-likeness (QED) is 0.797. The van der Waals surface area contributed by atoms with E-state index in [1.807, 2.05) is 30.3 Å². The number of hydrogen-bond acceptors (Lipinski definition) is 4. The van der Waals surface area contributed by atoms with Gasteiger partial charge in [0.2, 0.25) is 11.8 Å². The molecule has 2 amide bonds. The molecule has 5 nitrogen and oxygen atoms in total. The van der Waals surface area contributed by atoms with Gasteiger partial charge in [0.05, 0.1) is 5.52 Å². The van der Waals surface area contributed by atoms with Gasteiger partial charge in [0.1, 0.15) is 6.04 Å². The number of amides is 2. The van der Waals surface area contributed by atoms with Gasteiger partial charge in [-0.05, 0) is 18.6 Å². The van der Waals surface area contributed by atoms with Gasteiger partial charge >= 0.3 is 0 Å². The van der Waals surface area contributed by atoms with Gasteiger partial charge < -0.3 is 5.32 Å². The van der Waals surface area contributed by atoms with Crippen molar-refractivity contribution in [2.75, 3.05) is 5.32 Å². The number of aromatic nitrogens is 1. The lowest BCUT2D eigenvalue weighted by Gasteiger charge is -2.23. The molecular weight excluding hydrogens is 242 g/mol. The minimum Gasteiger partial charge on any atom is -0.373 e. The molecular formula is C14H13N3O2. The second-order valence-electron chi connectivity index (χ2n) is 4.52. The van der Waals surface area contributed by atoms with Crippen LogP contribution in [-0.2, 0) is 9.59 Å². The Morgan fingerprint density at radius 1 is 1.21 bits per heavy atom. The van der Waals surface area contributed by atoms with Crippen LogP contribution in [0.1, 0.15) is 12.8 Å². The minimum absolute atomic E-state index is 0.206. The van der Waals surface area contributed by atoms with Crippen LogP contribution >= 0.6 is 0 Å². The number of carbonyl (C=O) groups excluding carboxylic acids is 2. The van der Waals surface area contributed by atoms with Crippen molar-refractivity contribution in [3.63, 3.8) is 0 Å². The first kappa shape index (κ1) is 11.6. The molecule has 1 aliphatic heterocycles. The van der Waals surface area contributed by atoms with Crippen molar-refractivity contribution >= 4 is 28.4 Å². The fourth-order valence-electron chi connectivity index (χ4n) is 2.24. The average Bonchev–Trinajstić information content (AvgIpc) is 2.42. The molecule has 0 saturated carbocycles. The topological polar surface area (TPSA) is 71.1 Å². The van der Waals surface area contributed by atoms with Gasteiger partial charge in [-0.2, -0.15) is 0 Å². The maximum absolute atomic E-state index is 11.7. The second kappa shape index (κ2) is 4.68. The lowest BCUT2D eigenvalue weighted by Crippen LogP contribution is -2.47. The summed E-state index contributed by atoms with van der Waals surface area (Å²) in [7, 11) is 0. The molecule has 0 radical (unpaired) electrons. The van der Waals surface area contributed by atoms with Crippen LogP contribution in [0.3, 0.4) is 0 Å². The lowest BCUT2D eigenvalue weighted by molar-refractivity contribution is -0.133. The van der Waals surface area contributed by atoms with Gasteiger partial charge in [0.25, 0.3) is 0 Å². The molecule has 0 bridgehead atoms. The van der Waals surface area contributed by atoms with E-state index >= 15 is 0 Å². The van der Waals surface area contributed by atoms with E-state index in [1.165, 1.54) is 0 Å². The Morgan fingerprint density at radius 3 is 2.89 bits per heavy atom. The number of anilines is 1. The summed E-state index contributed by atoms with van der Waals surface area (Å²) in [5, 5.41) is 6.50. The fraction of sp³-hybridized carbons (Fsp3) is 0.214. The largest absolute Gasteiger partial charge is 0.373 e. The van der Waals surface area contributed by atoms with Crippen LogP contribution in [0.25, 0.3) is 10.9 Å². The molecule has 0 spiro atoms. The third-order valence-electron chi connectivity index (χ3n) is 3.22.